The number of aliphatic hydroxyl groups is 1. The summed E-state index contributed by atoms with van der Waals surface area (Å²) in [4.78, 5) is 36.8. The molecular formula is C26H35N3O7. The molecule has 0 heterocycles. The van der Waals surface area contributed by atoms with Gasteiger partial charge in [-0.3, -0.25) is 4.79 Å². The summed E-state index contributed by atoms with van der Waals surface area (Å²) in [5.74, 6) is -1.07. The van der Waals surface area contributed by atoms with Crippen molar-refractivity contribution in [2.75, 3.05) is 19.6 Å². The van der Waals surface area contributed by atoms with Crippen LogP contribution in [0.15, 0.2) is 60.7 Å². The van der Waals surface area contributed by atoms with Gasteiger partial charge in [0.15, 0.2) is 0 Å². The van der Waals surface area contributed by atoms with Crippen molar-refractivity contribution in [3.8, 4) is 0 Å². The highest BCUT2D eigenvalue weighted by Gasteiger charge is 2.20. The molecule has 0 aliphatic heterocycles. The van der Waals surface area contributed by atoms with Crippen molar-refractivity contribution in [2.45, 2.75) is 51.0 Å². The molecule has 5 N–H and O–H groups in total. The third-order valence-corrected chi connectivity index (χ3v) is 5.36. The number of hydrogen-bond acceptors (Lipinski definition) is 7. The Hall–Kier alpha value is -3.63. The summed E-state index contributed by atoms with van der Waals surface area (Å²) in [6, 6.07) is 17.5. The zero-order valence-electron chi connectivity index (χ0n) is 20.3. The lowest BCUT2D eigenvalue weighted by Crippen LogP contribution is -2.40. The van der Waals surface area contributed by atoms with Gasteiger partial charge in [0.2, 0.25) is 0 Å². The van der Waals surface area contributed by atoms with E-state index in [0.29, 0.717) is 12.8 Å². The van der Waals surface area contributed by atoms with E-state index in [-0.39, 0.29) is 45.7 Å². The number of carboxylic acids is 1. The van der Waals surface area contributed by atoms with Gasteiger partial charge in [-0.05, 0) is 36.8 Å². The van der Waals surface area contributed by atoms with E-state index in [1.54, 1.807) is 0 Å². The third kappa shape index (κ3) is 11.7. The number of carbonyl (C=O) groups is 3. The van der Waals surface area contributed by atoms with Crippen LogP contribution in [0.2, 0.25) is 0 Å². The van der Waals surface area contributed by atoms with Crippen LogP contribution in [0.5, 0.6) is 0 Å². The number of aliphatic carboxylic acids is 1. The van der Waals surface area contributed by atoms with Crippen molar-refractivity contribution in [3.05, 3.63) is 71.8 Å². The van der Waals surface area contributed by atoms with E-state index < -0.39 is 30.3 Å². The first kappa shape index (κ1) is 28.6. The zero-order chi connectivity index (χ0) is 26.2. The van der Waals surface area contributed by atoms with Gasteiger partial charge in [0.1, 0.15) is 19.3 Å². The van der Waals surface area contributed by atoms with E-state index in [9.17, 15) is 19.5 Å². The standard InChI is InChI=1S/C26H35N3O7/c27-23(24(31)32)13-7-8-16-29(26(34)36-19-21-11-5-2-6-12-21)17-22(30)14-15-28-25(33)35-18-20-9-3-1-4-10-20/h1-6,9-12,22-23,30H,7-8,13-19,27H2,(H,28,33)(H,31,32)/t22-,23+/m1/s1. The lowest BCUT2D eigenvalue weighted by molar-refractivity contribution is -0.138. The van der Waals surface area contributed by atoms with Crippen LogP contribution in [0.1, 0.15) is 36.8 Å². The lowest BCUT2D eigenvalue weighted by Gasteiger charge is -2.25. The number of nitrogens with one attached hydrogen (secondary N) is 1. The molecule has 2 rings (SSSR count). The van der Waals surface area contributed by atoms with Crippen LogP contribution < -0.4 is 11.1 Å². The fourth-order valence-electron chi connectivity index (χ4n) is 3.32. The number of carbonyl (C=O) groups excluding carboxylic acids is 2. The van der Waals surface area contributed by atoms with Crippen LogP contribution >= 0.6 is 0 Å². The predicted octanol–water partition coefficient (Wildman–Crippen LogP) is 2.88. The Labute approximate surface area is 211 Å². The number of carboxylic acid groups (broad SMARTS) is 1. The number of rotatable bonds is 15. The average molecular weight is 502 g/mol. The number of unbranched alkanes of at least 4 members (excludes halogenated alkanes) is 1. The Bertz CT molecular complexity index is 928. The molecule has 2 atom stereocenters. The Morgan fingerprint density at radius 3 is 2.06 bits per heavy atom. The second-order valence-electron chi connectivity index (χ2n) is 8.36. The second-order valence-corrected chi connectivity index (χ2v) is 8.36. The molecule has 2 aromatic rings. The highest BCUT2D eigenvalue weighted by atomic mass is 16.6. The Balaban J connectivity index is 1.78. The smallest absolute Gasteiger partial charge is 0.410 e. The van der Waals surface area contributed by atoms with E-state index in [1.165, 1.54) is 4.90 Å². The Morgan fingerprint density at radius 1 is 0.889 bits per heavy atom. The molecule has 0 aliphatic rings. The van der Waals surface area contributed by atoms with Crippen LogP contribution in [-0.4, -0.2) is 65.0 Å². The molecule has 0 bridgehead atoms. The molecule has 10 nitrogen and oxygen atoms in total. The molecule has 0 radical (unpaired) electrons. The maximum Gasteiger partial charge on any atom is 0.410 e. The highest BCUT2D eigenvalue weighted by Crippen LogP contribution is 2.08. The number of hydrogen-bond donors (Lipinski definition) is 4. The zero-order valence-corrected chi connectivity index (χ0v) is 20.3. The molecule has 0 aromatic heterocycles. The topological polar surface area (TPSA) is 151 Å². The molecule has 0 saturated heterocycles. The van der Waals surface area contributed by atoms with Gasteiger partial charge in [-0.15, -0.1) is 0 Å². The molecular weight excluding hydrogens is 466 g/mol. The van der Waals surface area contributed by atoms with E-state index in [0.717, 1.165) is 11.1 Å². The summed E-state index contributed by atoms with van der Waals surface area (Å²) in [6.07, 6.45) is -0.619. The Morgan fingerprint density at radius 2 is 1.47 bits per heavy atom. The summed E-state index contributed by atoms with van der Waals surface area (Å²) < 4.78 is 10.5. The largest absolute Gasteiger partial charge is 0.480 e. The minimum atomic E-state index is -1.07. The number of alkyl carbamates (subject to hydrolysis) is 1. The van der Waals surface area contributed by atoms with E-state index >= 15 is 0 Å². The Kier molecular flexibility index (Phi) is 12.8. The van der Waals surface area contributed by atoms with E-state index in [2.05, 4.69) is 5.32 Å². The fraction of sp³-hybridized carbons (Fsp3) is 0.423. The van der Waals surface area contributed by atoms with Gasteiger partial charge in [0.25, 0.3) is 0 Å². The molecule has 2 amide bonds. The second kappa shape index (κ2) is 16.1. The quantitative estimate of drug-likeness (QED) is 0.272. The van der Waals surface area contributed by atoms with Gasteiger partial charge in [-0.25, -0.2) is 9.59 Å². The molecule has 0 fully saturated rings. The normalized spacial score (nSPS) is 12.3. The maximum atomic E-state index is 12.7. The molecule has 2 aromatic carbocycles. The van der Waals surface area contributed by atoms with Gasteiger partial charge in [0, 0.05) is 19.6 Å². The SMILES string of the molecule is N[C@@H](CCCCN(C[C@H](O)CCNC(=O)OCc1ccccc1)C(=O)OCc1ccccc1)C(=O)O. The maximum absolute atomic E-state index is 12.7. The van der Waals surface area contributed by atoms with Crippen LogP contribution in [0.25, 0.3) is 0 Å². The van der Waals surface area contributed by atoms with Gasteiger partial charge in [-0.1, -0.05) is 60.7 Å². The van der Waals surface area contributed by atoms with Crippen LogP contribution in [0, 0.1) is 0 Å². The summed E-state index contributed by atoms with van der Waals surface area (Å²) in [7, 11) is 0. The van der Waals surface area contributed by atoms with Gasteiger partial charge >= 0.3 is 18.2 Å². The molecule has 0 unspecified atom stereocenters. The molecule has 0 aliphatic carbocycles. The molecule has 36 heavy (non-hydrogen) atoms. The number of benzene rings is 2. The molecule has 0 spiro atoms. The van der Waals surface area contributed by atoms with Gasteiger partial charge < -0.3 is 35.6 Å². The number of nitrogens with two attached hydrogens (primary N) is 1. The van der Waals surface area contributed by atoms with Crippen molar-refractivity contribution in [2.24, 2.45) is 5.73 Å². The predicted molar refractivity (Wildman–Crippen MR) is 133 cm³/mol. The molecule has 10 heteroatoms. The summed E-state index contributed by atoms with van der Waals surface area (Å²) in [6.45, 7) is 0.658. The first-order valence-electron chi connectivity index (χ1n) is 11.9. The monoisotopic (exact) mass is 501 g/mol. The van der Waals surface area contributed by atoms with Crippen molar-refractivity contribution >= 4 is 18.2 Å². The minimum Gasteiger partial charge on any atom is -0.480 e. The summed E-state index contributed by atoms with van der Waals surface area (Å²) >= 11 is 0. The number of nitrogens with zero attached hydrogens (tertiary/aromatic N) is 1. The van der Waals surface area contributed by atoms with Crippen LogP contribution in [0.4, 0.5) is 9.59 Å². The van der Waals surface area contributed by atoms with Gasteiger partial charge in [0.05, 0.1) is 6.10 Å². The van der Waals surface area contributed by atoms with Gasteiger partial charge in [-0.2, -0.15) is 0 Å². The van der Waals surface area contributed by atoms with Crippen molar-refractivity contribution in [3.63, 3.8) is 0 Å². The number of aliphatic hydroxyl groups excluding tert-OH is 1. The van der Waals surface area contributed by atoms with Crippen molar-refractivity contribution < 1.29 is 34.1 Å². The van der Waals surface area contributed by atoms with Crippen LogP contribution in [-0.2, 0) is 27.5 Å². The number of amides is 2. The summed E-state index contributed by atoms with van der Waals surface area (Å²) in [5.41, 5.74) is 7.22. The summed E-state index contributed by atoms with van der Waals surface area (Å²) in [5, 5.41) is 21.9. The first-order chi connectivity index (χ1) is 17.3. The van der Waals surface area contributed by atoms with Crippen molar-refractivity contribution in [1.29, 1.82) is 0 Å². The molecule has 196 valence electrons. The molecule has 0 saturated carbocycles. The van der Waals surface area contributed by atoms with Crippen molar-refractivity contribution in [1.82, 2.24) is 10.2 Å². The highest BCUT2D eigenvalue weighted by molar-refractivity contribution is 5.73. The van der Waals surface area contributed by atoms with E-state index in [4.69, 9.17) is 20.3 Å². The lowest BCUT2D eigenvalue weighted by atomic mass is 10.1. The third-order valence-electron chi connectivity index (χ3n) is 5.36. The number of ether oxygens (including phenoxy) is 2. The fourth-order valence-corrected chi connectivity index (χ4v) is 3.32. The minimum absolute atomic E-state index is 0.000645. The first-order valence-corrected chi connectivity index (χ1v) is 11.9. The average Bonchev–Trinajstić information content (AvgIpc) is 2.88. The van der Waals surface area contributed by atoms with Crippen LogP contribution in [0.3, 0.4) is 0 Å². The van der Waals surface area contributed by atoms with E-state index in [1.807, 2.05) is 60.7 Å².